The fourth-order valence-corrected chi connectivity index (χ4v) is 2.79. The van der Waals surface area contributed by atoms with Gasteiger partial charge in [-0.25, -0.2) is 0 Å². The van der Waals surface area contributed by atoms with Crippen LogP contribution in [0.2, 0.25) is 0 Å². The van der Waals surface area contributed by atoms with E-state index in [4.69, 9.17) is 4.74 Å². The number of rotatable bonds is 7. The second-order valence-electron chi connectivity index (χ2n) is 6.77. The molecule has 0 saturated heterocycles. The number of carbonyl (C=O) groups excluding carboxylic acids is 2. The van der Waals surface area contributed by atoms with Gasteiger partial charge in [0.2, 0.25) is 5.91 Å². The molecule has 1 atom stereocenters. The molecule has 0 bridgehead atoms. The van der Waals surface area contributed by atoms with Crippen LogP contribution in [0, 0.1) is 20.8 Å². The van der Waals surface area contributed by atoms with Crippen LogP contribution >= 0.6 is 0 Å². The summed E-state index contributed by atoms with van der Waals surface area (Å²) in [4.78, 5) is 26.6. The number of nitrogens with one attached hydrogen (secondary N) is 1. The van der Waals surface area contributed by atoms with E-state index in [-0.39, 0.29) is 18.4 Å². The highest BCUT2D eigenvalue weighted by atomic mass is 16.5. The van der Waals surface area contributed by atoms with E-state index in [1.807, 2.05) is 63.2 Å². The van der Waals surface area contributed by atoms with E-state index in [0.717, 1.165) is 16.7 Å². The first-order valence-electron chi connectivity index (χ1n) is 9.09. The lowest BCUT2D eigenvalue weighted by Crippen LogP contribution is -2.48. The van der Waals surface area contributed by atoms with Gasteiger partial charge in [-0.2, -0.15) is 0 Å². The largest absolute Gasteiger partial charge is 0.484 e. The van der Waals surface area contributed by atoms with E-state index in [2.05, 4.69) is 5.32 Å². The molecular weight excluding hydrogens is 340 g/mol. The fraction of sp³-hybridized carbons (Fsp3) is 0.364. The molecule has 144 valence electrons. The molecule has 2 aromatic carbocycles. The lowest BCUT2D eigenvalue weighted by molar-refractivity contribution is -0.142. The molecule has 0 aliphatic rings. The van der Waals surface area contributed by atoms with Gasteiger partial charge in [0, 0.05) is 13.6 Å². The van der Waals surface area contributed by atoms with E-state index in [0.29, 0.717) is 12.3 Å². The molecule has 0 aromatic heterocycles. The van der Waals surface area contributed by atoms with Gasteiger partial charge >= 0.3 is 0 Å². The SMILES string of the molecule is CNC(=O)[C@H](C)N(Cc1ccccc1C)C(=O)COc1ccc(C)c(C)c1. The molecule has 2 aromatic rings. The van der Waals surface area contributed by atoms with Crippen LogP contribution in [-0.4, -0.2) is 36.4 Å². The average Bonchev–Trinajstić information content (AvgIpc) is 2.66. The number of ether oxygens (including phenoxy) is 1. The van der Waals surface area contributed by atoms with Crippen LogP contribution in [0.5, 0.6) is 5.75 Å². The predicted octanol–water partition coefficient (Wildman–Crippen LogP) is 3.15. The van der Waals surface area contributed by atoms with Crippen molar-refractivity contribution in [3.63, 3.8) is 0 Å². The zero-order chi connectivity index (χ0) is 20.0. The molecule has 0 radical (unpaired) electrons. The molecule has 2 rings (SSSR count). The number of hydrogen-bond acceptors (Lipinski definition) is 3. The Hall–Kier alpha value is -2.82. The molecular formula is C22H28N2O3. The summed E-state index contributed by atoms with van der Waals surface area (Å²) in [5.74, 6) is 0.214. The predicted molar refractivity (Wildman–Crippen MR) is 107 cm³/mol. The molecule has 1 N–H and O–H groups in total. The minimum Gasteiger partial charge on any atom is -0.484 e. The molecule has 2 amide bonds. The van der Waals surface area contributed by atoms with Crippen molar-refractivity contribution in [3.05, 3.63) is 64.7 Å². The molecule has 0 heterocycles. The average molecular weight is 368 g/mol. The molecule has 5 nitrogen and oxygen atoms in total. The summed E-state index contributed by atoms with van der Waals surface area (Å²) in [6, 6.07) is 13.0. The number of nitrogens with zero attached hydrogens (tertiary/aromatic N) is 1. The summed E-state index contributed by atoms with van der Waals surface area (Å²) in [7, 11) is 1.57. The zero-order valence-electron chi connectivity index (χ0n) is 16.7. The second kappa shape index (κ2) is 9.21. The maximum Gasteiger partial charge on any atom is 0.261 e. The van der Waals surface area contributed by atoms with Gasteiger partial charge < -0.3 is 15.0 Å². The normalized spacial score (nSPS) is 11.6. The first-order chi connectivity index (χ1) is 12.8. The third-order valence-corrected chi connectivity index (χ3v) is 4.86. The van der Waals surface area contributed by atoms with Gasteiger partial charge in [0.05, 0.1) is 0 Å². The minimum absolute atomic E-state index is 0.115. The maximum absolute atomic E-state index is 12.9. The third-order valence-electron chi connectivity index (χ3n) is 4.86. The van der Waals surface area contributed by atoms with Gasteiger partial charge in [-0.15, -0.1) is 0 Å². The van der Waals surface area contributed by atoms with Crippen LogP contribution < -0.4 is 10.1 Å². The Morgan fingerprint density at radius 1 is 1.04 bits per heavy atom. The summed E-state index contributed by atoms with van der Waals surface area (Å²) in [5, 5.41) is 2.61. The molecule has 0 fully saturated rings. The minimum atomic E-state index is -0.592. The second-order valence-corrected chi connectivity index (χ2v) is 6.77. The van der Waals surface area contributed by atoms with E-state index < -0.39 is 6.04 Å². The monoisotopic (exact) mass is 368 g/mol. The van der Waals surface area contributed by atoms with Crippen molar-refractivity contribution in [3.8, 4) is 5.75 Å². The third kappa shape index (κ3) is 5.33. The Labute approximate surface area is 161 Å². The number of hydrogen-bond donors (Lipinski definition) is 1. The quantitative estimate of drug-likeness (QED) is 0.817. The topological polar surface area (TPSA) is 58.6 Å². The Bertz CT molecular complexity index is 817. The van der Waals surface area contributed by atoms with Crippen molar-refractivity contribution in [2.24, 2.45) is 0 Å². The van der Waals surface area contributed by atoms with Crippen LogP contribution in [0.1, 0.15) is 29.2 Å². The van der Waals surface area contributed by atoms with Crippen LogP contribution in [0.3, 0.4) is 0 Å². The lowest BCUT2D eigenvalue weighted by Gasteiger charge is -2.29. The molecule has 0 saturated carbocycles. The van der Waals surface area contributed by atoms with Crippen molar-refractivity contribution in [2.45, 2.75) is 40.3 Å². The summed E-state index contributed by atoms with van der Waals surface area (Å²) >= 11 is 0. The molecule has 5 heteroatoms. The number of likely N-dealkylation sites (N-methyl/N-ethyl adjacent to an activating group) is 1. The Morgan fingerprint density at radius 3 is 2.37 bits per heavy atom. The summed E-state index contributed by atoms with van der Waals surface area (Å²) in [5.41, 5.74) is 4.36. The molecule has 0 aliphatic heterocycles. The highest BCUT2D eigenvalue weighted by molar-refractivity contribution is 5.87. The van der Waals surface area contributed by atoms with Crippen LogP contribution in [-0.2, 0) is 16.1 Å². The number of benzene rings is 2. The summed E-state index contributed by atoms with van der Waals surface area (Å²) in [6.07, 6.45) is 0. The van der Waals surface area contributed by atoms with E-state index in [9.17, 15) is 9.59 Å². The smallest absolute Gasteiger partial charge is 0.261 e. The maximum atomic E-state index is 12.9. The summed E-state index contributed by atoms with van der Waals surface area (Å²) < 4.78 is 5.69. The number of carbonyl (C=O) groups is 2. The van der Waals surface area contributed by atoms with Crippen LogP contribution in [0.4, 0.5) is 0 Å². The Balaban J connectivity index is 2.16. The van der Waals surface area contributed by atoms with Gasteiger partial charge in [-0.1, -0.05) is 30.3 Å². The number of amides is 2. The lowest BCUT2D eigenvalue weighted by atomic mass is 10.1. The van der Waals surface area contributed by atoms with Crippen molar-refractivity contribution < 1.29 is 14.3 Å². The van der Waals surface area contributed by atoms with Gasteiger partial charge in [0.25, 0.3) is 5.91 Å². The summed E-state index contributed by atoms with van der Waals surface area (Å²) in [6.45, 7) is 7.99. The van der Waals surface area contributed by atoms with E-state index in [1.54, 1.807) is 18.9 Å². The van der Waals surface area contributed by atoms with Crippen LogP contribution in [0.15, 0.2) is 42.5 Å². The van der Waals surface area contributed by atoms with Crippen LogP contribution in [0.25, 0.3) is 0 Å². The van der Waals surface area contributed by atoms with Gasteiger partial charge in [0.15, 0.2) is 6.61 Å². The fourth-order valence-electron chi connectivity index (χ4n) is 2.79. The zero-order valence-corrected chi connectivity index (χ0v) is 16.7. The highest BCUT2D eigenvalue weighted by Gasteiger charge is 2.26. The standard InChI is InChI=1S/C22H28N2O3/c1-15-10-11-20(12-17(15)3)27-14-21(25)24(18(4)22(26)23-5)13-19-9-7-6-8-16(19)2/h6-12,18H,13-14H2,1-5H3,(H,23,26)/t18-/m0/s1. The first-order valence-corrected chi connectivity index (χ1v) is 9.09. The Morgan fingerprint density at radius 2 is 1.74 bits per heavy atom. The molecule has 0 aliphatic carbocycles. The first kappa shape index (κ1) is 20.5. The number of aryl methyl sites for hydroxylation is 3. The van der Waals surface area contributed by atoms with Crippen molar-refractivity contribution in [2.75, 3.05) is 13.7 Å². The molecule has 0 spiro atoms. The van der Waals surface area contributed by atoms with Crippen molar-refractivity contribution in [1.82, 2.24) is 10.2 Å². The van der Waals surface area contributed by atoms with Crippen molar-refractivity contribution >= 4 is 11.8 Å². The van der Waals surface area contributed by atoms with Crippen molar-refractivity contribution in [1.29, 1.82) is 0 Å². The van der Waals surface area contributed by atoms with Gasteiger partial charge in [0.1, 0.15) is 11.8 Å². The van der Waals surface area contributed by atoms with Gasteiger partial charge in [-0.05, 0) is 62.1 Å². The van der Waals surface area contributed by atoms with E-state index >= 15 is 0 Å². The molecule has 0 unspecified atom stereocenters. The van der Waals surface area contributed by atoms with Gasteiger partial charge in [-0.3, -0.25) is 9.59 Å². The molecule has 27 heavy (non-hydrogen) atoms. The Kier molecular flexibility index (Phi) is 6.99. The van der Waals surface area contributed by atoms with E-state index in [1.165, 1.54) is 5.56 Å². The highest BCUT2D eigenvalue weighted by Crippen LogP contribution is 2.18.